The largest absolute Gasteiger partial charge is 0.494 e. The van der Waals surface area contributed by atoms with Crippen LogP contribution < -0.4 is 15.4 Å². The Morgan fingerprint density at radius 2 is 1.92 bits per heavy atom. The maximum absolute atomic E-state index is 14.5. The molecular weight excluding hydrogens is 475 g/mol. The molecule has 188 valence electrons. The monoisotopic (exact) mass is 500 g/mol. The Labute approximate surface area is 212 Å². The first-order valence-corrected chi connectivity index (χ1v) is 11.5. The molecule has 1 atom stereocenters. The summed E-state index contributed by atoms with van der Waals surface area (Å²) >= 11 is 0. The number of carbonyl (C=O) groups excluding carboxylic acids is 1. The van der Waals surface area contributed by atoms with Crippen molar-refractivity contribution in [3.05, 3.63) is 89.3 Å². The van der Waals surface area contributed by atoms with Crippen LogP contribution in [0.15, 0.2) is 61.1 Å². The van der Waals surface area contributed by atoms with Crippen molar-refractivity contribution >= 4 is 28.6 Å². The maximum atomic E-state index is 14.5. The van der Waals surface area contributed by atoms with E-state index in [9.17, 15) is 9.18 Å². The predicted octanol–water partition coefficient (Wildman–Crippen LogP) is 3.82. The molecule has 0 spiro atoms. The second kappa shape index (κ2) is 9.69. The summed E-state index contributed by atoms with van der Waals surface area (Å²) in [7, 11) is 5.01. The van der Waals surface area contributed by atoms with Crippen molar-refractivity contribution < 1.29 is 13.9 Å². The van der Waals surface area contributed by atoms with Crippen LogP contribution in [0.25, 0.3) is 10.9 Å². The van der Waals surface area contributed by atoms with E-state index in [2.05, 4.69) is 30.8 Å². The van der Waals surface area contributed by atoms with Crippen LogP contribution >= 0.6 is 0 Å². The number of ether oxygens (including phenoxy) is 1. The molecule has 0 saturated heterocycles. The molecule has 0 aliphatic carbocycles. The third-order valence-corrected chi connectivity index (χ3v) is 5.93. The van der Waals surface area contributed by atoms with E-state index in [0.717, 1.165) is 16.9 Å². The first kappa shape index (κ1) is 23.9. The number of benzene rings is 2. The van der Waals surface area contributed by atoms with E-state index < -0.39 is 11.9 Å². The number of amides is 1. The molecule has 0 fully saturated rings. The zero-order valence-corrected chi connectivity index (χ0v) is 20.7. The number of nitrogens with one attached hydrogen (secondary N) is 2. The average Bonchev–Trinajstić information content (AvgIpc) is 3.45. The standard InChI is InChI=1S/C26H25FN8O2/c1-15-9-23(35(3)33-15)31-26-28-12-18-6-5-17(11-21(18)30-26)25(36)32-24(19-13-29-34(2)14-19)16-7-8-22(37-4)20(27)10-16/h5-14,24H,1-4H3,(H,32,36)(H,28,30,31)/t24-/m0/s1. The Bertz CT molecular complexity index is 1610. The van der Waals surface area contributed by atoms with Crippen LogP contribution in [-0.2, 0) is 14.1 Å². The number of anilines is 2. The zero-order valence-electron chi connectivity index (χ0n) is 20.7. The number of fused-ring (bicyclic) bond motifs is 1. The number of nitrogens with zero attached hydrogens (tertiary/aromatic N) is 6. The average molecular weight is 501 g/mol. The Morgan fingerprint density at radius 1 is 1.08 bits per heavy atom. The summed E-state index contributed by atoms with van der Waals surface area (Å²) in [5, 5.41) is 15.5. The van der Waals surface area contributed by atoms with Crippen molar-refractivity contribution in [3.63, 3.8) is 0 Å². The van der Waals surface area contributed by atoms with Crippen LogP contribution in [-0.4, -0.2) is 42.5 Å². The van der Waals surface area contributed by atoms with Crippen molar-refractivity contribution in [1.29, 1.82) is 0 Å². The van der Waals surface area contributed by atoms with Crippen LogP contribution in [0.1, 0.15) is 33.2 Å². The first-order chi connectivity index (χ1) is 17.8. The van der Waals surface area contributed by atoms with Gasteiger partial charge in [-0.1, -0.05) is 12.1 Å². The molecule has 0 unspecified atom stereocenters. The second-order valence-corrected chi connectivity index (χ2v) is 8.63. The van der Waals surface area contributed by atoms with Crippen molar-refractivity contribution in [2.45, 2.75) is 13.0 Å². The van der Waals surface area contributed by atoms with Gasteiger partial charge in [-0.3, -0.25) is 14.2 Å². The van der Waals surface area contributed by atoms with Crippen LogP contribution in [0.2, 0.25) is 0 Å². The summed E-state index contributed by atoms with van der Waals surface area (Å²) in [6.45, 7) is 1.90. The molecule has 2 aromatic carbocycles. The fourth-order valence-electron chi connectivity index (χ4n) is 4.09. The van der Waals surface area contributed by atoms with Gasteiger partial charge >= 0.3 is 0 Å². The molecule has 0 saturated carbocycles. The summed E-state index contributed by atoms with van der Waals surface area (Å²) < 4.78 is 22.9. The van der Waals surface area contributed by atoms with Gasteiger partial charge in [0.1, 0.15) is 5.82 Å². The summed E-state index contributed by atoms with van der Waals surface area (Å²) in [4.78, 5) is 22.3. The minimum Gasteiger partial charge on any atom is -0.494 e. The van der Waals surface area contributed by atoms with Gasteiger partial charge in [-0.2, -0.15) is 10.2 Å². The molecule has 0 bridgehead atoms. The number of aromatic nitrogens is 6. The molecule has 5 aromatic rings. The minimum absolute atomic E-state index is 0.125. The lowest BCUT2D eigenvalue weighted by Gasteiger charge is -2.19. The van der Waals surface area contributed by atoms with E-state index in [1.807, 2.05) is 20.0 Å². The zero-order chi connectivity index (χ0) is 26.1. The molecule has 10 nitrogen and oxygen atoms in total. The van der Waals surface area contributed by atoms with Crippen molar-refractivity contribution in [2.75, 3.05) is 12.4 Å². The van der Waals surface area contributed by atoms with Gasteiger partial charge < -0.3 is 15.4 Å². The number of hydrogen-bond acceptors (Lipinski definition) is 7. The molecule has 1 amide bonds. The fourth-order valence-corrected chi connectivity index (χ4v) is 4.09. The van der Waals surface area contributed by atoms with E-state index in [1.165, 1.54) is 19.2 Å². The molecule has 3 heterocycles. The third-order valence-electron chi connectivity index (χ3n) is 5.93. The van der Waals surface area contributed by atoms with Crippen LogP contribution in [0.3, 0.4) is 0 Å². The molecule has 11 heteroatoms. The molecular formula is C26H25FN8O2. The highest BCUT2D eigenvalue weighted by atomic mass is 19.1. The van der Waals surface area contributed by atoms with E-state index in [4.69, 9.17) is 4.74 Å². The second-order valence-electron chi connectivity index (χ2n) is 8.63. The van der Waals surface area contributed by atoms with Crippen molar-refractivity contribution in [3.8, 4) is 5.75 Å². The van der Waals surface area contributed by atoms with E-state index in [-0.39, 0.29) is 11.7 Å². The van der Waals surface area contributed by atoms with E-state index in [1.54, 1.807) is 59.3 Å². The fraction of sp³-hybridized carbons (Fsp3) is 0.192. The lowest BCUT2D eigenvalue weighted by Crippen LogP contribution is -2.29. The normalized spacial score (nSPS) is 11.9. The number of carbonyl (C=O) groups is 1. The number of methoxy groups -OCH3 is 1. The number of rotatable bonds is 7. The number of aryl methyl sites for hydroxylation is 3. The first-order valence-electron chi connectivity index (χ1n) is 11.5. The summed E-state index contributed by atoms with van der Waals surface area (Å²) in [5.74, 6) is 0.392. The lowest BCUT2D eigenvalue weighted by molar-refractivity contribution is 0.0943. The molecule has 0 aliphatic rings. The Hall–Kier alpha value is -4.80. The van der Waals surface area contributed by atoms with Crippen LogP contribution in [0.4, 0.5) is 16.2 Å². The van der Waals surface area contributed by atoms with Gasteiger partial charge in [0.2, 0.25) is 5.95 Å². The predicted molar refractivity (Wildman–Crippen MR) is 136 cm³/mol. The Balaban J connectivity index is 1.44. The van der Waals surface area contributed by atoms with Crippen molar-refractivity contribution in [1.82, 2.24) is 34.8 Å². The van der Waals surface area contributed by atoms with E-state index >= 15 is 0 Å². The molecule has 5 rings (SSSR count). The smallest absolute Gasteiger partial charge is 0.252 e. The Kier molecular flexibility index (Phi) is 6.26. The highest BCUT2D eigenvalue weighted by Gasteiger charge is 2.21. The van der Waals surface area contributed by atoms with E-state index in [0.29, 0.717) is 28.2 Å². The highest BCUT2D eigenvalue weighted by molar-refractivity contribution is 5.98. The van der Waals surface area contributed by atoms with Gasteiger partial charge in [-0.15, -0.1) is 0 Å². The SMILES string of the molecule is COc1ccc([C@H](NC(=O)c2ccc3cnc(Nc4cc(C)nn4C)nc3c2)c2cnn(C)c2)cc1F. The number of hydrogen-bond donors (Lipinski definition) is 2. The van der Waals surface area contributed by atoms with Crippen LogP contribution in [0.5, 0.6) is 5.75 Å². The van der Waals surface area contributed by atoms with Gasteiger partial charge in [0.05, 0.1) is 30.6 Å². The summed E-state index contributed by atoms with van der Waals surface area (Å²) in [6.07, 6.45) is 5.10. The Morgan fingerprint density at radius 3 is 2.59 bits per heavy atom. The maximum Gasteiger partial charge on any atom is 0.252 e. The highest BCUT2D eigenvalue weighted by Crippen LogP contribution is 2.27. The van der Waals surface area contributed by atoms with Gasteiger partial charge in [0.15, 0.2) is 11.6 Å². The third kappa shape index (κ3) is 4.96. The topological polar surface area (TPSA) is 112 Å². The minimum atomic E-state index is -0.631. The van der Waals surface area contributed by atoms with Crippen molar-refractivity contribution in [2.24, 2.45) is 14.1 Å². The molecule has 2 N–H and O–H groups in total. The molecule has 0 aliphatic heterocycles. The lowest BCUT2D eigenvalue weighted by atomic mass is 10.0. The van der Waals surface area contributed by atoms with Gasteiger partial charge in [-0.25, -0.2) is 14.4 Å². The summed E-state index contributed by atoms with van der Waals surface area (Å²) in [6, 6.07) is 11.0. The van der Waals surface area contributed by atoms with Gasteiger partial charge in [0, 0.05) is 49.1 Å². The summed E-state index contributed by atoms with van der Waals surface area (Å²) in [5.41, 5.74) is 3.13. The van der Waals surface area contributed by atoms with Gasteiger partial charge in [-0.05, 0) is 36.8 Å². The van der Waals surface area contributed by atoms with Gasteiger partial charge in [0.25, 0.3) is 5.91 Å². The van der Waals surface area contributed by atoms with Crippen LogP contribution in [0, 0.1) is 12.7 Å². The quantitative estimate of drug-likeness (QED) is 0.349. The molecule has 37 heavy (non-hydrogen) atoms. The molecule has 3 aromatic heterocycles. The number of halogens is 1. The molecule has 0 radical (unpaired) electrons.